The topological polar surface area (TPSA) is 81.2 Å². The average molecular weight is 422 g/mol. The minimum absolute atomic E-state index is 0.172. The summed E-state index contributed by atoms with van der Waals surface area (Å²) >= 11 is 1.00. The first-order chi connectivity index (χ1) is 13.0. The summed E-state index contributed by atoms with van der Waals surface area (Å²) in [5, 5.41) is 18.2. The Hall–Kier alpha value is -2.21. The van der Waals surface area contributed by atoms with E-state index in [4.69, 9.17) is 0 Å². The highest BCUT2D eigenvalue weighted by atomic mass is 32.1. The molecule has 0 aromatic carbocycles. The fraction of sp³-hybridized carbons (Fsp3) is 0.500. The van der Waals surface area contributed by atoms with Crippen molar-refractivity contribution in [2.45, 2.75) is 37.1 Å². The van der Waals surface area contributed by atoms with Crippen LogP contribution in [0.5, 0.6) is 0 Å². The maximum Gasteiger partial charge on any atom is 0.414 e. The number of nitrogens with one attached hydrogen (secondary N) is 2. The number of thiophene rings is 1. The predicted octanol–water partition coefficient (Wildman–Crippen LogP) is 2.56. The van der Waals surface area contributed by atoms with Crippen LogP contribution >= 0.6 is 11.3 Å². The normalized spacial score (nSPS) is 22.4. The maximum absolute atomic E-state index is 14.4. The van der Waals surface area contributed by atoms with Crippen molar-refractivity contribution in [1.82, 2.24) is 15.5 Å². The minimum Gasteiger partial charge on any atom is -0.384 e. The molecule has 0 saturated carbocycles. The number of H-pyrrole nitrogens is 1. The molecule has 0 aliphatic carbocycles. The van der Waals surface area contributed by atoms with E-state index in [1.807, 2.05) is 0 Å². The number of amides is 1. The molecule has 0 spiro atoms. The number of carbonyl (C=O) groups is 1. The molecule has 2 aromatic heterocycles. The van der Waals surface area contributed by atoms with Gasteiger partial charge in [0.2, 0.25) is 0 Å². The molecule has 2 atom stereocenters. The van der Waals surface area contributed by atoms with Gasteiger partial charge in [0.15, 0.2) is 6.10 Å². The molecule has 2 aliphatic rings. The van der Waals surface area contributed by atoms with Gasteiger partial charge in [0.25, 0.3) is 11.8 Å². The third kappa shape index (κ3) is 3.34. The molecule has 2 aliphatic heterocycles. The Morgan fingerprint density at radius 1 is 1.39 bits per heavy atom. The third-order valence-corrected chi connectivity index (χ3v) is 6.05. The summed E-state index contributed by atoms with van der Waals surface area (Å²) in [4.78, 5) is 14.5. The van der Waals surface area contributed by atoms with Crippen molar-refractivity contribution < 1.29 is 31.9 Å². The lowest BCUT2D eigenvalue weighted by atomic mass is 9.97. The highest BCUT2D eigenvalue weighted by Gasteiger charge is 2.46. The predicted molar refractivity (Wildman–Crippen MR) is 90.7 cm³/mol. The molecule has 2 aromatic rings. The molecule has 0 fully saturated rings. The summed E-state index contributed by atoms with van der Waals surface area (Å²) in [6, 6.07) is -1.12. The van der Waals surface area contributed by atoms with Gasteiger partial charge in [-0.25, -0.2) is 8.78 Å². The number of rotatable bonds is 3. The zero-order valence-electron chi connectivity index (χ0n) is 14.2. The number of halogens is 5. The van der Waals surface area contributed by atoms with Crippen LogP contribution in [0.1, 0.15) is 21.7 Å². The molecule has 152 valence electrons. The number of aromatic nitrogens is 2. The summed E-state index contributed by atoms with van der Waals surface area (Å²) in [6.45, 7) is -0.960. The number of aliphatic hydroxyl groups is 1. The monoisotopic (exact) mass is 422 g/mol. The Morgan fingerprint density at radius 2 is 2.14 bits per heavy atom. The van der Waals surface area contributed by atoms with E-state index in [1.54, 1.807) is 0 Å². The van der Waals surface area contributed by atoms with Gasteiger partial charge in [0, 0.05) is 47.6 Å². The van der Waals surface area contributed by atoms with Crippen molar-refractivity contribution in [2.75, 3.05) is 18.0 Å². The van der Waals surface area contributed by atoms with Crippen molar-refractivity contribution in [3.05, 3.63) is 22.8 Å². The van der Waals surface area contributed by atoms with Crippen LogP contribution in [0.3, 0.4) is 0 Å². The van der Waals surface area contributed by atoms with E-state index < -0.39 is 49.5 Å². The van der Waals surface area contributed by atoms with E-state index in [2.05, 4.69) is 15.5 Å². The molecule has 3 N–H and O–H groups in total. The molecular weight excluding hydrogens is 407 g/mol. The van der Waals surface area contributed by atoms with Crippen LogP contribution in [-0.4, -0.2) is 58.5 Å². The molecule has 0 unspecified atom stereocenters. The highest BCUT2D eigenvalue weighted by Crippen LogP contribution is 2.48. The summed E-state index contributed by atoms with van der Waals surface area (Å²) in [7, 11) is 0. The van der Waals surface area contributed by atoms with Gasteiger partial charge in [0.1, 0.15) is 4.88 Å². The summed E-state index contributed by atoms with van der Waals surface area (Å²) in [6.07, 6.45) is -5.90. The second-order valence-electron chi connectivity index (χ2n) is 6.95. The quantitative estimate of drug-likeness (QED) is 0.665. The largest absolute Gasteiger partial charge is 0.414 e. The van der Waals surface area contributed by atoms with Gasteiger partial charge in [-0.1, -0.05) is 0 Å². The summed E-state index contributed by atoms with van der Waals surface area (Å²) in [5.41, 5.74) is 1.17. The number of hydrogen-bond acceptors (Lipinski definition) is 5. The van der Waals surface area contributed by atoms with Crippen molar-refractivity contribution in [3.8, 4) is 10.4 Å². The molecule has 0 radical (unpaired) electrons. The zero-order chi connectivity index (χ0) is 20.3. The van der Waals surface area contributed by atoms with Gasteiger partial charge in [-0.3, -0.25) is 9.89 Å². The first-order valence-electron chi connectivity index (χ1n) is 8.38. The van der Waals surface area contributed by atoms with E-state index in [9.17, 15) is 31.9 Å². The highest BCUT2D eigenvalue weighted by molar-refractivity contribution is 7.18. The second-order valence-corrected chi connectivity index (χ2v) is 7.97. The van der Waals surface area contributed by atoms with Crippen molar-refractivity contribution in [1.29, 1.82) is 0 Å². The van der Waals surface area contributed by atoms with E-state index in [0.29, 0.717) is 16.1 Å². The maximum atomic E-state index is 14.4. The first-order valence-corrected chi connectivity index (χ1v) is 9.20. The van der Waals surface area contributed by atoms with Crippen LogP contribution in [0.2, 0.25) is 0 Å². The van der Waals surface area contributed by atoms with Gasteiger partial charge >= 0.3 is 6.18 Å². The SMILES string of the molecule is O=C1N[C@@H](C[C@@H](O)C(F)(F)F)CN2CC(F)(F)Cc3c(-c4cn[nH]c4)sc1c32. The minimum atomic E-state index is -4.85. The van der Waals surface area contributed by atoms with E-state index in [0.717, 1.165) is 11.3 Å². The lowest BCUT2D eigenvalue weighted by Gasteiger charge is -2.36. The smallest absolute Gasteiger partial charge is 0.384 e. The lowest BCUT2D eigenvalue weighted by Crippen LogP contribution is -2.49. The van der Waals surface area contributed by atoms with Gasteiger partial charge in [-0.15, -0.1) is 11.3 Å². The molecule has 12 heteroatoms. The fourth-order valence-electron chi connectivity index (χ4n) is 3.65. The Labute approximate surface area is 159 Å². The van der Waals surface area contributed by atoms with Crippen LogP contribution in [0.4, 0.5) is 27.6 Å². The van der Waals surface area contributed by atoms with E-state index in [-0.39, 0.29) is 17.0 Å². The number of alkyl halides is 5. The van der Waals surface area contributed by atoms with E-state index >= 15 is 0 Å². The molecular formula is C16H15F5N4O2S. The summed E-state index contributed by atoms with van der Waals surface area (Å²) < 4.78 is 66.8. The number of aliphatic hydroxyl groups excluding tert-OH is 1. The Balaban J connectivity index is 1.73. The van der Waals surface area contributed by atoms with E-state index in [1.165, 1.54) is 17.3 Å². The fourth-order valence-corrected chi connectivity index (χ4v) is 4.87. The van der Waals surface area contributed by atoms with Gasteiger partial charge < -0.3 is 15.3 Å². The lowest BCUT2D eigenvalue weighted by molar-refractivity contribution is -0.206. The number of aromatic amines is 1. The van der Waals surface area contributed by atoms with Crippen LogP contribution in [-0.2, 0) is 6.42 Å². The molecule has 0 saturated heterocycles. The molecule has 0 bridgehead atoms. The molecule has 4 rings (SSSR count). The standard InChI is InChI=1S/C16H15F5N4O2S/c17-15(18)2-9-11-13(28-12(9)7-3-22-23-4-7)14(27)24-8(5-25(11)6-15)1-10(26)16(19,20)21/h3-4,8,10,26H,1-2,5-6H2,(H,22,23)(H,24,27)/t8-,10+/m0/s1. The van der Waals surface area contributed by atoms with Crippen LogP contribution in [0.15, 0.2) is 12.4 Å². The molecule has 4 heterocycles. The summed E-state index contributed by atoms with van der Waals surface area (Å²) in [5.74, 6) is -3.74. The van der Waals surface area contributed by atoms with Crippen molar-refractivity contribution >= 4 is 22.9 Å². The van der Waals surface area contributed by atoms with Gasteiger partial charge in [0.05, 0.1) is 18.4 Å². The zero-order valence-corrected chi connectivity index (χ0v) is 15.0. The Morgan fingerprint density at radius 3 is 2.79 bits per heavy atom. The van der Waals surface area contributed by atoms with Crippen molar-refractivity contribution in [2.24, 2.45) is 0 Å². The van der Waals surface area contributed by atoms with Gasteiger partial charge in [-0.05, 0) is 0 Å². The first kappa shape index (κ1) is 19.1. The molecule has 28 heavy (non-hydrogen) atoms. The van der Waals surface area contributed by atoms with Crippen LogP contribution < -0.4 is 10.2 Å². The van der Waals surface area contributed by atoms with Crippen LogP contribution in [0, 0.1) is 0 Å². The third-order valence-electron chi connectivity index (χ3n) is 4.78. The number of nitrogens with zero attached hydrogens (tertiary/aromatic N) is 2. The van der Waals surface area contributed by atoms with Crippen LogP contribution in [0.25, 0.3) is 10.4 Å². The number of hydrogen-bond donors (Lipinski definition) is 3. The number of carbonyl (C=O) groups excluding carboxylic acids is 1. The van der Waals surface area contributed by atoms with Gasteiger partial charge in [-0.2, -0.15) is 18.3 Å². The second kappa shape index (κ2) is 6.41. The Bertz CT molecular complexity index is 896. The average Bonchev–Trinajstić information content (AvgIpc) is 3.17. The molecule has 6 nitrogen and oxygen atoms in total. The Kier molecular flexibility index (Phi) is 4.38. The number of anilines is 1. The molecule has 1 amide bonds. The van der Waals surface area contributed by atoms with Crippen molar-refractivity contribution in [3.63, 3.8) is 0 Å².